The third kappa shape index (κ3) is 10.5. The molecule has 0 heterocycles. The quantitative estimate of drug-likeness (QED) is 0.348. The van der Waals surface area contributed by atoms with Crippen molar-refractivity contribution in [1.82, 2.24) is 0 Å². The van der Waals surface area contributed by atoms with E-state index in [1.54, 1.807) is 0 Å². The first-order valence-corrected chi connectivity index (χ1v) is 11.8. The van der Waals surface area contributed by atoms with Crippen molar-refractivity contribution >= 4 is 36.2 Å². The van der Waals surface area contributed by atoms with Gasteiger partial charge in [0.2, 0.25) is 0 Å². The number of anilines is 2. The molecule has 0 radical (unpaired) electrons. The number of hydrogen-bond donors (Lipinski definition) is 2. The van der Waals surface area contributed by atoms with Crippen LogP contribution in [-0.4, -0.2) is 38.4 Å². The van der Waals surface area contributed by atoms with Gasteiger partial charge >= 0.3 is 0 Å². The van der Waals surface area contributed by atoms with E-state index in [2.05, 4.69) is 79.7 Å². The van der Waals surface area contributed by atoms with Crippen molar-refractivity contribution in [2.24, 2.45) is 0 Å². The molecule has 0 aliphatic rings. The number of phenols is 2. The van der Waals surface area contributed by atoms with Crippen LogP contribution < -0.4 is 9.80 Å². The molecule has 0 spiro atoms. The number of aromatic hydroxyl groups is 2. The van der Waals surface area contributed by atoms with Crippen LogP contribution in [0.15, 0.2) is 24.3 Å². The van der Waals surface area contributed by atoms with E-state index in [-0.39, 0.29) is 51.0 Å². The van der Waals surface area contributed by atoms with Crippen LogP contribution in [0.4, 0.5) is 11.4 Å². The molecule has 35 heavy (non-hydrogen) atoms. The molecule has 0 saturated carbocycles. The summed E-state index contributed by atoms with van der Waals surface area (Å²) in [7, 11) is 7.85. The van der Waals surface area contributed by atoms with E-state index >= 15 is 0 Å². The topological polar surface area (TPSA) is 46.9 Å². The predicted molar refractivity (Wildman–Crippen MR) is 156 cm³/mol. The summed E-state index contributed by atoms with van der Waals surface area (Å²) in [5.41, 5.74) is 6.46. The Kier molecular flexibility index (Phi) is 18.5. The maximum Gasteiger partial charge on any atom is 0.142 e. The molecular formula is C28H48Cl2N2O2Zr. The van der Waals surface area contributed by atoms with Gasteiger partial charge in [-0.3, -0.25) is 0 Å². The van der Waals surface area contributed by atoms with Gasteiger partial charge in [0.1, 0.15) is 11.5 Å². The molecule has 0 aliphatic heterocycles. The van der Waals surface area contributed by atoms with E-state index in [1.807, 2.05) is 38.0 Å². The fraction of sp³-hybridized carbons (Fsp3) is 0.571. The Morgan fingerprint density at radius 2 is 0.771 bits per heavy atom. The Balaban J connectivity index is -0.000000539. The minimum Gasteiger partial charge on any atom is -0.505 e. The largest absolute Gasteiger partial charge is 0.505 e. The molecule has 2 aromatic rings. The van der Waals surface area contributed by atoms with Crippen LogP contribution in [0.2, 0.25) is 0 Å². The van der Waals surface area contributed by atoms with Crippen LogP contribution in [-0.2, 0) is 26.2 Å². The molecule has 0 aromatic heterocycles. The normalized spacial score (nSPS) is 10.3. The fourth-order valence-electron chi connectivity index (χ4n) is 3.56. The Labute approximate surface area is 246 Å². The predicted octanol–water partition coefficient (Wildman–Crippen LogP) is 8.25. The summed E-state index contributed by atoms with van der Waals surface area (Å²) in [6.45, 7) is 17.1. The maximum atomic E-state index is 10.2. The van der Waals surface area contributed by atoms with E-state index in [9.17, 15) is 10.2 Å². The molecule has 0 bridgehead atoms. The number of rotatable bonds is 6. The summed E-state index contributed by atoms with van der Waals surface area (Å²) in [5, 5.41) is 20.4. The van der Waals surface area contributed by atoms with Crippen molar-refractivity contribution in [3.63, 3.8) is 0 Å². The summed E-state index contributed by atoms with van der Waals surface area (Å²) in [6.07, 6.45) is 0. The average Bonchev–Trinajstić information content (AvgIpc) is 2.67. The van der Waals surface area contributed by atoms with Gasteiger partial charge in [-0.2, -0.15) is 0 Å². The molecule has 4 nitrogen and oxygen atoms in total. The van der Waals surface area contributed by atoms with Gasteiger partial charge in [-0.15, -0.1) is 24.8 Å². The van der Waals surface area contributed by atoms with Crippen LogP contribution in [0.1, 0.15) is 101 Å². The standard InChI is InChI=1S/2C14H23NO.2ClH.Zr/c2*1-9(2)11-7-12(10(3)4)14(16)13(8-11)15(5)6;;;/h2*7-10,16H,1-6H3;2*1H;. The Hall–Kier alpha value is -0.897. The Morgan fingerprint density at radius 3 is 0.943 bits per heavy atom. The van der Waals surface area contributed by atoms with Gasteiger partial charge in [-0.25, -0.2) is 0 Å². The van der Waals surface area contributed by atoms with Crippen LogP contribution in [0.5, 0.6) is 11.5 Å². The number of nitrogens with zero attached hydrogens (tertiary/aromatic N) is 2. The van der Waals surface area contributed by atoms with Crippen LogP contribution in [0.25, 0.3) is 0 Å². The summed E-state index contributed by atoms with van der Waals surface area (Å²) in [4.78, 5) is 3.93. The minimum absolute atomic E-state index is 0. The summed E-state index contributed by atoms with van der Waals surface area (Å²) in [5.74, 6) is 2.50. The molecule has 0 saturated heterocycles. The van der Waals surface area contributed by atoms with Crippen molar-refractivity contribution in [2.45, 2.75) is 79.1 Å². The first-order valence-electron chi connectivity index (χ1n) is 11.8. The van der Waals surface area contributed by atoms with Gasteiger partial charge in [-0.05, 0) is 58.1 Å². The molecule has 2 rings (SSSR count). The van der Waals surface area contributed by atoms with Gasteiger partial charge in [0.05, 0.1) is 11.4 Å². The summed E-state index contributed by atoms with van der Waals surface area (Å²) >= 11 is 0. The zero-order chi connectivity index (χ0) is 24.9. The monoisotopic (exact) mass is 604 g/mol. The molecule has 0 unspecified atom stereocenters. The van der Waals surface area contributed by atoms with Gasteiger partial charge in [0.25, 0.3) is 0 Å². The molecular weight excluding hydrogens is 558 g/mol. The van der Waals surface area contributed by atoms with Gasteiger partial charge in [0, 0.05) is 54.4 Å². The number of phenolic OH excluding ortho intramolecular Hbond substituents is 2. The third-order valence-electron chi connectivity index (χ3n) is 5.82. The van der Waals surface area contributed by atoms with Gasteiger partial charge in [-0.1, -0.05) is 67.5 Å². The Morgan fingerprint density at radius 1 is 0.514 bits per heavy atom. The molecule has 2 N–H and O–H groups in total. The maximum absolute atomic E-state index is 10.2. The first kappa shape index (κ1) is 38.6. The SMILES string of the molecule is CC(C)c1cc(C(C)C)c(O)c(N(C)C)c1.CC(C)c1cc(C(C)C)c(O)c(N(C)C)c1.Cl.Cl.[Zr]. The van der Waals surface area contributed by atoms with E-state index in [0.29, 0.717) is 35.2 Å². The first-order chi connectivity index (χ1) is 14.7. The smallest absolute Gasteiger partial charge is 0.142 e. The summed E-state index contributed by atoms with van der Waals surface area (Å²) < 4.78 is 0. The molecule has 2 aromatic carbocycles. The second kappa shape index (κ2) is 16.8. The van der Waals surface area contributed by atoms with Gasteiger partial charge in [0.15, 0.2) is 0 Å². The molecule has 0 aliphatic carbocycles. The van der Waals surface area contributed by atoms with Crippen molar-refractivity contribution in [2.75, 3.05) is 38.0 Å². The van der Waals surface area contributed by atoms with Crippen molar-refractivity contribution in [3.8, 4) is 11.5 Å². The third-order valence-corrected chi connectivity index (χ3v) is 5.82. The summed E-state index contributed by atoms with van der Waals surface area (Å²) in [6, 6.07) is 8.40. The number of benzene rings is 2. The number of hydrogen-bond acceptors (Lipinski definition) is 4. The molecule has 0 atom stereocenters. The van der Waals surface area contributed by atoms with Crippen LogP contribution in [0, 0.1) is 0 Å². The molecule has 7 heteroatoms. The van der Waals surface area contributed by atoms with E-state index in [4.69, 9.17) is 0 Å². The second-order valence-electron chi connectivity index (χ2n) is 10.4. The van der Waals surface area contributed by atoms with Gasteiger partial charge < -0.3 is 20.0 Å². The fourth-order valence-corrected chi connectivity index (χ4v) is 3.56. The second-order valence-corrected chi connectivity index (χ2v) is 10.4. The molecule has 200 valence electrons. The van der Waals surface area contributed by atoms with Crippen molar-refractivity contribution in [3.05, 3.63) is 46.5 Å². The van der Waals surface area contributed by atoms with E-state index in [0.717, 1.165) is 22.5 Å². The van der Waals surface area contributed by atoms with Crippen molar-refractivity contribution < 1.29 is 36.4 Å². The van der Waals surface area contributed by atoms with E-state index < -0.39 is 0 Å². The minimum atomic E-state index is 0. The Bertz CT molecular complexity index is 767. The molecule has 0 amide bonds. The van der Waals surface area contributed by atoms with E-state index in [1.165, 1.54) is 11.1 Å². The van der Waals surface area contributed by atoms with Crippen LogP contribution >= 0.6 is 24.8 Å². The zero-order valence-electron chi connectivity index (χ0n) is 23.7. The van der Waals surface area contributed by atoms with Crippen LogP contribution in [0.3, 0.4) is 0 Å². The molecule has 0 fully saturated rings. The number of halogens is 2. The average molecular weight is 607 g/mol. The van der Waals surface area contributed by atoms with Crippen molar-refractivity contribution in [1.29, 1.82) is 0 Å². The zero-order valence-corrected chi connectivity index (χ0v) is 27.8.